The number of benzene rings is 8. The zero-order valence-corrected chi connectivity index (χ0v) is 46.6. The molecule has 0 fully saturated rings. The molecule has 0 bridgehead atoms. The Hall–Kier alpha value is -6.62. The van der Waals surface area contributed by atoms with E-state index in [4.69, 9.17) is 4.98 Å². The molecule has 71 heavy (non-hydrogen) atoms. The Bertz CT molecular complexity index is 3010. The number of hydrogen-bond acceptors (Lipinski definition) is 3. The van der Waals surface area contributed by atoms with Gasteiger partial charge in [-0.3, -0.25) is 0 Å². The number of pyridine rings is 1. The molecule has 0 atom stereocenters. The van der Waals surface area contributed by atoms with Crippen molar-refractivity contribution >= 4 is 0 Å². The fourth-order valence-electron chi connectivity index (χ4n) is 10.0. The quantitative estimate of drug-likeness (QED) is 0.0947. The summed E-state index contributed by atoms with van der Waals surface area (Å²) in [7, 11) is 0. The van der Waals surface area contributed by atoms with Crippen LogP contribution in [0.4, 0.5) is 0 Å². The molecular formula is C67H67HfNO2-2. The van der Waals surface area contributed by atoms with E-state index < -0.39 is 10.8 Å². The molecule has 0 radical (unpaired) electrons. The van der Waals surface area contributed by atoms with Gasteiger partial charge in [0.25, 0.3) is 0 Å². The van der Waals surface area contributed by atoms with Crippen LogP contribution in [-0.4, -0.2) is 15.2 Å². The third-order valence-corrected chi connectivity index (χ3v) is 14.7. The molecule has 9 rings (SSSR count). The number of phenols is 2. The van der Waals surface area contributed by atoms with E-state index in [1.54, 1.807) is 0 Å². The van der Waals surface area contributed by atoms with Gasteiger partial charge < -0.3 is 25.1 Å². The van der Waals surface area contributed by atoms with E-state index in [1.165, 1.54) is 11.1 Å². The number of rotatable bonds is 12. The summed E-state index contributed by atoms with van der Waals surface area (Å²) in [4.78, 5) is 5.46. The molecule has 8 aromatic carbocycles. The fraction of sp³-hybridized carbons (Fsp3) is 0.179. The van der Waals surface area contributed by atoms with Crippen LogP contribution in [0.5, 0.6) is 11.5 Å². The van der Waals surface area contributed by atoms with Crippen molar-refractivity contribution in [2.45, 2.75) is 77.0 Å². The Morgan fingerprint density at radius 3 is 0.859 bits per heavy atom. The van der Waals surface area contributed by atoms with Crippen molar-refractivity contribution in [3.05, 3.63) is 272 Å². The predicted octanol–water partition coefficient (Wildman–Crippen LogP) is 17.4. The van der Waals surface area contributed by atoms with Gasteiger partial charge in [-0.2, -0.15) is 0 Å². The Morgan fingerprint density at radius 1 is 0.282 bits per heavy atom. The van der Waals surface area contributed by atoms with E-state index in [2.05, 4.69) is 231 Å². The van der Waals surface area contributed by atoms with Crippen LogP contribution < -0.4 is 0 Å². The minimum Gasteiger partial charge on any atom is -0.507 e. The molecule has 1 aromatic heterocycles. The molecule has 3 nitrogen and oxygen atoms in total. The van der Waals surface area contributed by atoms with E-state index >= 15 is 0 Å². The third kappa shape index (κ3) is 10.2. The van der Waals surface area contributed by atoms with Crippen molar-refractivity contribution in [3.63, 3.8) is 0 Å². The summed E-state index contributed by atoms with van der Waals surface area (Å²) in [6, 6.07) is 73.5. The van der Waals surface area contributed by atoms with Gasteiger partial charge in [0.05, 0.1) is 11.4 Å². The minimum atomic E-state index is -0.519. The van der Waals surface area contributed by atoms with Gasteiger partial charge in [0, 0.05) is 80.9 Å². The molecule has 0 aliphatic heterocycles. The van der Waals surface area contributed by atoms with Crippen molar-refractivity contribution < 1.29 is 36.1 Å². The molecule has 1 heterocycles. The van der Waals surface area contributed by atoms with Crippen LogP contribution in [0.15, 0.2) is 212 Å². The molecule has 0 spiro atoms. The fourth-order valence-corrected chi connectivity index (χ4v) is 10.0. The molecule has 0 unspecified atom stereocenters. The second-order valence-electron chi connectivity index (χ2n) is 20.3. The standard InChI is InChI=1S/C65H61NO2.2CH3.Hf/c1-62(2,44-26-13-9-14-27-44)48-40-54(60(67)56(42-48)64(5,6)46-30-17-11-18-31-46)50-34-21-23-36-52(50)58-38-25-39-59(66-58)53-37-24-22-35-51(53)55-41-49(63(3,4)45-28-15-10-16-29-45)43-57(61(55)68)65(7,8)47-32-19-12-20-33-47;;;/h9-43,67-68H,1-8H3;2*1H3;/q;2*-1;. The maximum atomic E-state index is 12.7. The molecule has 358 valence electrons. The van der Waals surface area contributed by atoms with Gasteiger partial charge in [-0.25, -0.2) is 4.98 Å². The molecule has 2 N–H and O–H groups in total. The summed E-state index contributed by atoms with van der Waals surface area (Å²) in [5, 5.41) is 25.3. The van der Waals surface area contributed by atoms with E-state index in [1.807, 2.05) is 36.4 Å². The minimum absolute atomic E-state index is 0. The first-order valence-corrected chi connectivity index (χ1v) is 23.7. The van der Waals surface area contributed by atoms with Gasteiger partial charge in [-0.1, -0.05) is 243 Å². The second kappa shape index (κ2) is 21.4. The van der Waals surface area contributed by atoms with Gasteiger partial charge >= 0.3 is 0 Å². The van der Waals surface area contributed by atoms with Crippen LogP contribution in [0.2, 0.25) is 0 Å². The topological polar surface area (TPSA) is 53.4 Å². The van der Waals surface area contributed by atoms with Crippen LogP contribution in [0.3, 0.4) is 0 Å². The summed E-state index contributed by atoms with van der Waals surface area (Å²) in [6.45, 7) is 17.8. The second-order valence-corrected chi connectivity index (χ2v) is 20.3. The molecule has 9 aromatic rings. The zero-order valence-electron chi connectivity index (χ0n) is 43.0. The molecule has 4 heteroatoms. The van der Waals surface area contributed by atoms with Crippen molar-refractivity contribution in [2.24, 2.45) is 0 Å². The average Bonchev–Trinajstić information content (AvgIpc) is 3.37. The molecule has 0 aliphatic rings. The molecule has 0 amide bonds. The van der Waals surface area contributed by atoms with Crippen LogP contribution in [0.1, 0.15) is 99.9 Å². The van der Waals surface area contributed by atoms with Crippen LogP contribution in [0.25, 0.3) is 44.8 Å². The number of phenolic OH excluding ortho intramolecular Hbond substituents is 2. The van der Waals surface area contributed by atoms with Crippen molar-refractivity contribution in [3.8, 4) is 56.3 Å². The van der Waals surface area contributed by atoms with Crippen LogP contribution in [-0.2, 0) is 47.5 Å². The van der Waals surface area contributed by atoms with Gasteiger partial charge in [0.15, 0.2) is 0 Å². The summed E-state index contributed by atoms with van der Waals surface area (Å²) >= 11 is 0. The van der Waals surface area contributed by atoms with Crippen LogP contribution in [0, 0.1) is 14.9 Å². The summed E-state index contributed by atoms with van der Waals surface area (Å²) in [5.74, 6) is 0.506. The maximum Gasteiger partial charge on any atom is 0.127 e. The molecule has 0 aliphatic carbocycles. The molecule has 0 saturated heterocycles. The SMILES string of the molecule is CC(C)(c1ccccc1)c1cc(-c2ccccc2-c2cccc(-c3ccccc3-c3cc(C(C)(C)c4ccccc4)cc(C(C)(C)c4ccccc4)c3O)n2)c(O)c(C(C)(C)c2ccccc2)c1.[CH3-].[CH3-].[Hf]. The van der Waals surface area contributed by atoms with E-state index in [9.17, 15) is 10.2 Å². The Morgan fingerprint density at radius 2 is 0.549 bits per heavy atom. The first-order valence-electron chi connectivity index (χ1n) is 23.7. The summed E-state index contributed by atoms with van der Waals surface area (Å²) in [5.41, 5.74) is 13.4. The normalized spacial score (nSPS) is 11.7. The Kier molecular flexibility index (Phi) is 16.2. The first kappa shape index (κ1) is 53.7. The first-order chi connectivity index (χ1) is 32.6. The van der Waals surface area contributed by atoms with Gasteiger partial charge in [0.1, 0.15) is 11.5 Å². The molecule has 0 saturated carbocycles. The van der Waals surface area contributed by atoms with Gasteiger partial charge in [-0.05, 0) is 68.8 Å². The van der Waals surface area contributed by atoms with Gasteiger partial charge in [0.2, 0.25) is 0 Å². The van der Waals surface area contributed by atoms with Crippen molar-refractivity contribution in [1.82, 2.24) is 4.98 Å². The average molecular weight is 1100 g/mol. The Balaban J connectivity index is 0.00000275. The van der Waals surface area contributed by atoms with Crippen LogP contribution >= 0.6 is 0 Å². The number of nitrogens with zero attached hydrogens (tertiary/aromatic N) is 1. The van der Waals surface area contributed by atoms with Crippen molar-refractivity contribution in [2.75, 3.05) is 0 Å². The molecular weight excluding hydrogens is 1030 g/mol. The van der Waals surface area contributed by atoms with E-state index in [0.717, 1.165) is 78.1 Å². The summed E-state index contributed by atoms with van der Waals surface area (Å²) < 4.78 is 0. The summed E-state index contributed by atoms with van der Waals surface area (Å²) in [6.07, 6.45) is 0. The Labute approximate surface area is 443 Å². The predicted molar refractivity (Wildman–Crippen MR) is 296 cm³/mol. The van der Waals surface area contributed by atoms with E-state index in [0.29, 0.717) is 0 Å². The van der Waals surface area contributed by atoms with Gasteiger partial charge in [-0.15, -0.1) is 0 Å². The maximum absolute atomic E-state index is 12.7. The number of aromatic hydroxyl groups is 2. The number of aromatic nitrogens is 1. The van der Waals surface area contributed by atoms with Crippen molar-refractivity contribution in [1.29, 1.82) is 0 Å². The zero-order chi connectivity index (χ0) is 47.8. The monoisotopic (exact) mass is 1100 g/mol. The van der Waals surface area contributed by atoms with E-state index in [-0.39, 0.29) is 63.0 Å². The largest absolute Gasteiger partial charge is 0.507 e. The number of hydrogen-bond donors (Lipinski definition) is 2. The third-order valence-electron chi connectivity index (χ3n) is 14.7. The smallest absolute Gasteiger partial charge is 0.127 e.